The first-order valence-corrected chi connectivity index (χ1v) is 10.5. The normalized spacial score (nSPS) is 14.4. The van der Waals surface area contributed by atoms with Crippen LogP contribution >= 0.6 is 11.8 Å². The molecule has 0 atom stereocenters. The van der Waals surface area contributed by atoms with Gasteiger partial charge in [-0.1, -0.05) is 17.3 Å². The van der Waals surface area contributed by atoms with Gasteiger partial charge in [-0.15, -0.1) is 11.8 Å². The number of benzene rings is 1. The standard InChI is InChI=1S/C20H23N5O3S/c1-15-10-18(23-28-15)22-19(26)12-24-6-8-25(9-7-24)20(27)14-29-13-17-4-2-16(11-21)3-5-17/h2-5,10H,6-9,12-14H2,1H3,(H,22,23,26). The monoisotopic (exact) mass is 413 g/mol. The summed E-state index contributed by atoms with van der Waals surface area (Å²) in [6.45, 7) is 4.59. The van der Waals surface area contributed by atoms with Crippen LogP contribution in [0.2, 0.25) is 0 Å². The zero-order valence-electron chi connectivity index (χ0n) is 16.3. The molecule has 0 spiro atoms. The van der Waals surface area contributed by atoms with Crippen molar-refractivity contribution in [2.75, 3.05) is 43.8 Å². The van der Waals surface area contributed by atoms with Crippen molar-refractivity contribution in [3.05, 3.63) is 47.2 Å². The summed E-state index contributed by atoms with van der Waals surface area (Å²) in [5.41, 5.74) is 1.73. The van der Waals surface area contributed by atoms with Crippen molar-refractivity contribution >= 4 is 29.4 Å². The molecule has 2 amide bonds. The van der Waals surface area contributed by atoms with Crippen LogP contribution < -0.4 is 5.32 Å². The highest BCUT2D eigenvalue weighted by molar-refractivity contribution is 7.99. The molecule has 3 rings (SSSR count). The average molecular weight is 414 g/mol. The van der Waals surface area contributed by atoms with Gasteiger partial charge >= 0.3 is 0 Å². The SMILES string of the molecule is Cc1cc(NC(=O)CN2CCN(C(=O)CSCc3ccc(C#N)cc3)CC2)no1. The van der Waals surface area contributed by atoms with E-state index in [4.69, 9.17) is 9.78 Å². The number of carbonyl (C=O) groups is 2. The molecule has 152 valence electrons. The molecule has 1 saturated heterocycles. The second-order valence-corrected chi connectivity index (χ2v) is 7.82. The summed E-state index contributed by atoms with van der Waals surface area (Å²) in [5.74, 6) is 2.19. The van der Waals surface area contributed by atoms with Gasteiger partial charge in [0.2, 0.25) is 11.8 Å². The van der Waals surface area contributed by atoms with E-state index in [1.54, 1.807) is 36.9 Å². The Hall–Kier alpha value is -2.83. The lowest BCUT2D eigenvalue weighted by Gasteiger charge is -2.34. The largest absolute Gasteiger partial charge is 0.360 e. The Morgan fingerprint density at radius 3 is 2.59 bits per heavy atom. The third-order valence-electron chi connectivity index (χ3n) is 4.56. The fourth-order valence-corrected chi connectivity index (χ4v) is 3.88. The summed E-state index contributed by atoms with van der Waals surface area (Å²) < 4.78 is 4.93. The molecule has 9 heteroatoms. The van der Waals surface area contributed by atoms with E-state index in [1.807, 2.05) is 21.9 Å². The highest BCUT2D eigenvalue weighted by Gasteiger charge is 2.22. The minimum Gasteiger partial charge on any atom is -0.360 e. The highest BCUT2D eigenvalue weighted by Crippen LogP contribution is 2.14. The van der Waals surface area contributed by atoms with Crippen molar-refractivity contribution in [1.29, 1.82) is 5.26 Å². The zero-order chi connectivity index (χ0) is 20.6. The number of nitriles is 1. The van der Waals surface area contributed by atoms with Crippen molar-refractivity contribution < 1.29 is 14.1 Å². The van der Waals surface area contributed by atoms with Crippen LogP contribution in [0.1, 0.15) is 16.9 Å². The van der Waals surface area contributed by atoms with Crippen molar-refractivity contribution in [2.45, 2.75) is 12.7 Å². The van der Waals surface area contributed by atoms with Gasteiger partial charge < -0.3 is 14.7 Å². The van der Waals surface area contributed by atoms with E-state index >= 15 is 0 Å². The summed E-state index contributed by atoms with van der Waals surface area (Å²) >= 11 is 1.57. The Balaban J connectivity index is 1.34. The predicted molar refractivity (Wildman–Crippen MR) is 110 cm³/mol. The van der Waals surface area contributed by atoms with Crippen LogP contribution in [0.25, 0.3) is 0 Å². The lowest BCUT2D eigenvalue weighted by molar-refractivity contribution is -0.130. The number of aromatic nitrogens is 1. The molecule has 1 aromatic heterocycles. The number of anilines is 1. The first kappa shape index (κ1) is 20.9. The molecule has 0 aliphatic carbocycles. The molecule has 1 aliphatic rings. The third-order valence-corrected chi connectivity index (χ3v) is 5.55. The average Bonchev–Trinajstić information content (AvgIpc) is 3.13. The Kier molecular flexibility index (Phi) is 7.27. The van der Waals surface area contributed by atoms with Crippen molar-refractivity contribution in [1.82, 2.24) is 15.0 Å². The number of hydrogen-bond donors (Lipinski definition) is 1. The maximum Gasteiger partial charge on any atom is 0.239 e. The van der Waals surface area contributed by atoms with Gasteiger partial charge in [0.25, 0.3) is 0 Å². The van der Waals surface area contributed by atoms with E-state index in [2.05, 4.69) is 16.5 Å². The molecule has 0 unspecified atom stereocenters. The quantitative estimate of drug-likeness (QED) is 0.739. The van der Waals surface area contributed by atoms with Crippen molar-refractivity contribution in [3.63, 3.8) is 0 Å². The lowest BCUT2D eigenvalue weighted by atomic mass is 10.2. The Morgan fingerprint density at radius 1 is 1.24 bits per heavy atom. The van der Waals surface area contributed by atoms with Crippen LogP contribution in [-0.4, -0.2) is 65.2 Å². The van der Waals surface area contributed by atoms with Crippen LogP contribution in [-0.2, 0) is 15.3 Å². The van der Waals surface area contributed by atoms with Gasteiger partial charge in [-0.05, 0) is 24.6 Å². The number of aryl methyl sites for hydroxylation is 1. The summed E-state index contributed by atoms with van der Waals surface area (Å²) in [6, 6.07) is 11.2. The Morgan fingerprint density at radius 2 is 1.97 bits per heavy atom. The molecule has 1 N–H and O–H groups in total. The number of hydrogen-bond acceptors (Lipinski definition) is 7. The highest BCUT2D eigenvalue weighted by atomic mass is 32.2. The number of amides is 2. The first-order valence-electron chi connectivity index (χ1n) is 9.33. The molecular weight excluding hydrogens is 390 g/mol. The molecule has 2 aromatic rings. The predicted octanol–water partition coefficient (Wildman–Crippen LogP) is 1.87. The Labute approximate surface area is 173 Å². The van der Waals surface area contributed by atoms with Gasteiger partial charge in [0, 0.05) is 38.0 Å². The summed E-state index contributed by atoms with van der Waals surface area (Å²) in [4.78, 5) is 28.4. The van der Waals surface area contributed by atoms with E-state index < -0.39 is 0 Å². The topological polar surface area (TPSA) is 102 Å². The number of carbonyl (C=O) groups excluding carboxylic acids is 2. The number of rotatable bonds is 7. The maximum atomic E-state index is 12.4. The van der Waals surface area contributed by atoms with Crippen LogP contribution in [0.4, 0.5) is 5.82 Å². The maximum absolute atomic E-state index is 12.4. The van der Waals surface area contributed by atoms with Gasteiger partial charge in [0.05, 0.1) is 23.9 Å². The van der Waals surface area contributed by atoms with E-state index in [1.165, 1.54) is 0 Å². The number of piperazine rings is 1. The molecule has 0 radical (unpaired) electrons. The van der Waals surface area contributed by atoms with Crippen LogP contribution in [0, 0.1) is 18.3 Å². The van der Waals surface area contributed by atoms with Crippen LogP contribution in [0.15, 0.2) is 34.9 Å². The van der Waals surface area contributed by atoms with Gasteiger partial charge in [-0.3, -0.25) is 14.5 Å². The van der Waals surface area contributed by atoms with E-state index in [0.717, 1.165) is 11.3 Å². The molecule has 1 fully saturated rings. The molecule has 1 aliphatic heterocycles. The van der Waals surface area contributed by atoms with E-state index in [9.17, 15) is 9.59 Å². The van der Waals surface area contributed by atoms with Crippen LogP contribution in [0.3, 0.4) is 0 Å². The molecule has 29 heavy (non-hydrogen) atoms. The minimum atomic E-state index is -0.143. The smallest absolute Gasteiger partial charge is 0.239 e. The molecule has 0 saturated carbocycles. The van der Waals surface area contributed by atoms with Gasteiger partial charge in [-0.2, -0.15) is 5.26 Å². The molecular formula is C20H23N5O3S. The second kappa shape index (κ2) is 10.1. The van der Waals surface area contributed by atoms with E-state index in [0.29, 0.717) is 49.1 Å². The minimum absolute atomic E-state index is 0.116. The number of thioether (sulfide) groups is 1. The third kappa shape index (κ3) is 6.34. The summed E-state index contributed by atoms with van der Waals surface area (Å²) in [6.07, 6.45) is 0. The number of nitrogens with zero attached hydrogens (tertiary/aromatic N) is 4. The molecule has 0 bridgehead atoms. The van der Waals surface area contributed by atoms with Gasteiger partial charge in [0.1, 0.15) is 5.76 Å². The lowest BCUT2D eigenvalue weighted by Crippen LogP contribution is -2.50. The second-order valence-electron chi connectivity index (χ2n) is 6.83. The molecule has 1 aromatic carbocycles. The number of nitrogens with one attached hydrogen (secondary N) is 1. The fraction of sp³-hybridized carbons (Fsp3) is 0.400. The van der Waals surface area contributed by atoms with Gasteiger partial charge in [0.15, 0.2) is 5.82 Å². The van der Waals surface area contributed by atoms with Crippen LogP contribution in [0.5, 0.6) is 0 Å². The molecule has 8 nitrogen and oxygen atoms in total. The zero-order valence-corrected chi connectivity index (χ0v) is 17.1. The fourth-order valence-electron chi connectivity index (χ4n) is 2.99. The van der Waals surface area contributed by atoms with Gasteiger partial charge in [-0.25, -0.2) is 0 Å². The van der Waals surface area contributed by atoms with Crippen molar-refractivity contribution in [3.8, 4) is 6.07 Å². The van der Waals surface area contributed by atoms with Crippen molar-refractivity contribution in [2.24, 2.45) is 0 Å². The molecule has 2 heterocycles. The summed E-state index contributed by atoms with van der Waals surface area (Å²) in [7, 11) is 0. The van der Waals surface area contributed by atoms with E-state index in [-0.39, 0.29) is 18.4 Å². The Bertz CT molecular complexity index is 882. The summed E-state index contributed by atoms with van der Waals surface area (Å²) in [5, 5.41) is 15.3. The first-order chi connectivity index (χ1) is 14.0.